The lowest BCUT2D eigenvalue weighted by Gasteiger charge is -2.40. The van der Waals surface area contributed by atoms with Gasteiger partial charge in [0.25, 0.3) is 0 Å². The molecule has 1 aliphatic heterocycles. The fourth-order valence-electron chi connectivity index (χ4n) is 3.88. The third kappa shape index (κ3) is 3.93. The van der Waals surface area contributed by atoms with Crippen LogP contribution in [0.15, 0.2) is 71.3 Å². The van der Waals surface area contributed by atoms with Gasteiger partial charge in [-0.3, -0.25) is 0 Å². The Labute approximate surface area is 165 Å². The standard InChI is InChI=1S/C23H25N3O2/c1-23(19-11-6-3-7-12-19)13-8-14-26(17-23)22(27)25-16-21-24-15-20(28-21)18-9-4-2-5-10-18/h2-7,9-12,15H,8,13-14,16-17H2,1H3,(H,25,27). The molecule has 1 aromatic heterocycles. The van der Waals surface area contributed by atoms with Gasteiger partial charge in [-0.2, -0.15) is 0 Å². The second kappa shape index (κ2) is 7.89. The number of carbonyl (C=O) groups is 1. The molecular weight excluding hydrogens is 350 g/mol. The van der Waals surface area contributed by atoms with E-state index in [2.05, 4.69) is 41.5 Å². The fourth-order valence-corrected chi connectivity index (χ4v) is 3.88. The van der Waals surface area contributed by atoms with Gasteiger partial charge in [-0.1, -0.05) is 67.6 Å². The number of oxazole rings is 1. The number of rotatable bonds is 4. The molecule has 1 N–H and O–H groups in total. The summed E-state index contributed by atoms with van der Waals surface area (Å²) in [7, 11) is 0. The van der Waals surface area contributed by atoms with Gasteiger partial charge in [-0.05, 0) is 18.4 Å². The molecule has 0 spiro atoms. The van der Waals surface area contributed by atoms with Gasteiger partial charge in [0.15, 0.2) is 5.76 Å². The van der Waals surface area contributed by atoms with E-state index in [9.17, 15) is 4.79 Å². The molecule has 1 aliphatic rings. The van der Waals surface area contributed by atoms with Crippen LogP contribution in [0, 0.1) is 0 Å². The quantitative estimate of drug-likeness (QED) is 0.725. The predicted molar refractivity (Wildman–Crippen MR) is 109 cm³/mol. The number of aromatic nitrogens is 1. The maximum absolute atomic E-state index is 12.7. The number of hydrogen-bond acceptors (Lipinski definition) is 3. The molecule has 2 aromatic carbocycles. The summed E-state index contributed by atoms with van der Waals surface area (Å²) in [5.74, 6) is 1.22. The summed E-state index contributed by atoms with van der Waals surface area (Å²) in [5, 5.41) is 2.95. The number of benzene rings is 2. The molecule has 1 atom stereocenters. The van der Waals surface area contributed by atoms with E-state index in [0.717, 1.165) is 24.9 Å². The highest BCUT2D eigenvalue weighted by Gasteiger charge is 2.34. The molecule has 1 fully saturated rings. The van der Waals surface area contributed by atoms with Gasteiger partial charge in [0, 0.05) is 24.1 Å². The number of piperidine rings is 1. The first-order chi connectivity index (χ1) is 13.6. The molecule has 144 valence electrons. The van der Waals surface area contributed by atoms with Crippen LogP contribution in [-0.4, -0.2) is 29.0 Å². The maximum Gasteiger partial charge on any atom is 0.317 e. The van der Waals surface area contributed by atoms with Gasteiger partial charge in [-0.25, -0.2) is 9.78 Å². The van der Waals surface area contributed by atoms with Crippen molar-refractivity contribution in [2.75, 3.05) is 13.1 Å². The van der Waals surface area contributed by atoms with Crippen LogP contribution in [0.3, 0.4) is 0 Å². The van der Waals surface area contributed by atoms with Crippen LogP contribution in [-0.2, 0) is 12.0 Å². The van der Waals surface area contributed by atoms with Crippen molar-refractivity contribution < 1.29 is 9.21 Å². The highest BCUT2D eigenvalue weighted by atomic mass is 16.4. The molecule has 28 heavy (non-hydrogen) atoms. The van der Waals surface area contributed by atoms with Crippen LogP contribution in [0.5, 0.6) is 0 Å². The minimum Gasteiger partial charge on any atom is -0.439 e. The van der Waals surface area contributed by atoms with Crippen LogP contribution in [0.25, 0.3) is 11.3 Å². The second-order valence-corrected chi connectivity index (χ2v) is 7.59. The minimum atomic E-state index is -0.0682. The van der Waals surface area contributed by atoms with Crippen LogP contribution in [0.4, 0.5) is 4.79 Å². The number of hydrogen-bond donors (Lipinski definition) is 1. The van der Waals surface area contributed by atoms with Crippen LogP contribution in [0.2, 0.25) is 0 Å². The van der Waals surface area contributed by atoms with Crippen LogP contribution in [0.1, 0.15) is 31.2 Å². The van der Waals surface area contributed by atoms with E-state index in [1.807, 2.05) is 41.3 Å². The third-order valence-electron chi connectivity index (χ3n) is 5.46. The lowest BCUT2D eigenvalue weighted by molar-refractivity contribution is 0.154. The summed E-state index contributed by atoms with van der Waals surface area (Å²) in [5.41, 5.74) is 2.25. The Morgan fingerprint density at radius 1 is 1.14 bits per heavy atom. The van der Waals surface area contributed by atoms with Crippen molar-refractivity contribution in [2.45, 2.75) is 31.7 Å². The molecule has 4 rings (SSSR count). The average molecular weight is 375 g/mol. The van der Waals surface area contributed by atoms with Gasteiger partial charge < -0.3 is 14.6 Å². The van der Waals surface area contributed by atoms with Gasteiger partial charge in [-0.15, -0.1) is 0 Å². The molecule has 0 bridgehead atoms. The molecule has 0 aliphatic carbocycles. The molecule has 2 heterocycles. The van der Waals surface area contributed by atoms with Crippen LogP contribution >= 0.6 is 0 Å². The largest absolute Gasteiger partial charge is 0.439 e. The smallest absolute Gasteiger partial charge is 0.317 e. The van der Waals surface area contributed by atoms with Crippen molar-refractivity contribution in [1.82, 2.24) is 15.2 Å². The van der Waals surface area contributed by atoms with E-state index in [0.29, 0.717) is 18.2 Å². The topological polar surface area (TPSA) is 58.4 Å². The van der Waals surface area contributed by atoms with E-state index in [4.69, 9.17) is 4.42 Å². The third-order valence-corrected chi connectivity index (χ3v) is 5.46. The highest BCUT2D eigenvalue weighted by molar-refractivity contribution is 5.74. The zero-order chi connectivity index (χ0) is 19.4. The zero-order valence-corrected chi connectivity index (χ0v) is 16.1. The van der Waals surface area contributed by atoms with Gasteiger partial charge in [0.2, 0.25) is 5.89 Å². The summed E-state index contributed by atoms with van der Waals surface area (Å²) in [6.45, 7) is 4.00. The summed E-state index contributed by atoms with van der Waals surface area (Å²) >= 11 is 0. The van der Waals surface area contributed by atoms with Gasteiger partial charge in [0.05, 0.1) is 12.7 Å². The summed E-state index contributed by atoms with van der Waals surface area (Å²) < 4.78 is 5.77. The molecule has 0 saturated carbocycles. The van der Waals surface area contributed by atoms with Crippen molar-refractivity contribution in [3.63, 3.8) is 0 Å². The Hall–Kier alpha value is -3.08. The molecular formula is C23H25N3O2. The molecule has 5 nitrogen and oxygen atoms in total. The normalized spacial score (nSPS) is 19.4. The van der Waals surface area contributed by atoms with Crippen LogP contribution < -0.4 is 5.32 Å². The van der Waals surface area contributed by atoms with Crippen molar-refractivity contribution in [3.05, 3.63) is 78.3 Å². The average Bonchev–Trinajstić information content (AvgIpc) is 3.22. The van der Waals surface area contributed by atoms with E-state index in [-0.39, 0.29) is 18.0 Å². The number of nitrogens with one attached hydrogen (secondary N) is 1. The van der Waals surface area contributed by atoms with E-state index >= 15 is 0 Å². The van der Waals surface area contributed by atoms with Gasteiger partial charge in [0.1, 0.15) is 0 Å². The maximum atomic E-state index is 12.7. The first-order valence-corrected chi connectivity index (χ1v) is 9.72. The Morgan fingerprint density at radius 3 is 2.61 bits per heavy atom. The summed E-state index contributed by atoms with van der Waals surface area (Å²) in [6.07, 6.45) is 3.78. The Morgan fingerprint density at radius 2 is 1.86 bits per heavy atom. The fraction of sp³-hybridized carbons (Fsp3) is 0.304. The minimum absolute atomic E-state index is 0.0136. The lowest BCUT2D eigenvalue weighted by atomic mass is 9.76. The van der Waals surface area contributed by atoms with Crippen molar-refractivity contribution >= 4 is 6.03 Å². The van der Waals surface area contributed by atoms with E-state index < -0.39 is 0 Å². The summed E-state index contributed by atoms with van der Waals surface area (Å²) in [6, 6.07) is 20.2. The molecule has 0 radical (unpaired) electrons. The van der Waals surface area contributed by atoms with E-state index in [1.165, 1.54) is 5.56 Å². The number of amides is 2. The lowest BCUT2D eigenvalue weighted by Crippen LogP contribution is -2.50. The molecule has 1 saturated heterocycles. The van der Waals surface area contributed by atoms with Gasteiger partial charge >= 0.3 is 6.03 Å². The molecule has 5 heteroatoms. The number of urea groups is 1. The predicted octanol–water partition coefficient (Wildman–Crippen LogP) is 4.60. The molecule has 3 aromatic rings. The first kappa shape index (κ1) is 18.3. The highest BCUT2D eigenvalue weighted by Crippen LogP contribution is 2.33. The Balaban J connectivity index is 1.37. The van der Waals surface area contributed by atoms with Crippen molar-refractivity contribution in [2.24, 2.45) is 0 Å². The molecule has 1 unspecified atom stereocenters. The number of nitrogens with zero attached hydrogens (tertiary/aromatic N) is 2. The second-order valence-electron chi connectivity index (χ2n) is 7.59. The SMILES string of the molecule is CC1(c2ccccc2)CCCN(C(=O)NCc2ncc(-c3ccccc3)o2)C1. The number of likely N-dealkylation sites (tertiary alicyclic amines) is 1. The summed E-state index contributed by atoms with van der Waals surface area (Å²) in [4.78, 5) is 18.9. The monoisotopic (exact) mass is 375 g/mol. The van der Waals surface area contributed by atoms with E-state index in [1.54, 1.807) is 6.20 Å². The number of carbonyl (C=O) groups excluding carboxylic acids is 1. The zero-order valence-electron chi connectivity index (χ0n) is 16.1. The Kier molecular flexibility index (Phi) is 5.15. The first-order valence-electron chi connectivity index (χ1n) is 9.72. The van der Waals surface area contributed by atoms with Crippen molar-refractivity contribution in [1.29, 1.82) is 0 Å². The van der Waals surface area contributed by atoms with Crippen molar-refractivity contribution in [3.8, 4) is 11.3 Å². The Bertz CT molecular complexity index is 923. The molecule has 2 amide bonds.